The van der Waals surface area contributed by atoms with Gasteiger partial charge in [-0.2, -0.15) is 0 Å². The zero-order chi connectivity index (χ0) is 89.4. The Morgan fingerprint density at radius 2 is 0.514 bits per heavy atom. The molecule has 138 heavy (non-hydrogen) atoms. The number of fused-ring (bicyclic) bond motifs is 44. The summed E-state index contributed by atoms with van der Waals surface area (Å²) in [5, 5.41) is 36.2. The summed E-state index contributed by atoms with van der Waals surface area (Å²) in [6, 6.07) is 139. The zero-order valence-corrected chi connectivity index (χ0v) is 73.3. The molecule has 21 aromatic carbocycles. The summed E-state index contributed by atoms with van der Waals surface area (Å²) in [4.78, 5) is 32.8. The van der Waals surface area contributed by atoms with Crippen molar-refractivity contribution in [2.45, 2.75) is 0 Å². The lowest BCUT2D eigenvalue weighted by Gasteiger charge is -2.13. The Bertz CT molecular complexity index is 11400. The summed E-state index contributed by atoms with van der Waals surface area (Å²) in [5.41, 5.74) is 31.7. The highest BCUT2D eigenvalue weighted by atomic mass is 15.1. The van der Waals surface area contributed by atoms with Crippen LogP contribution in [0.1, 0.15) is 0 Å². The fourth-order valence-electron chi connectivity index (χ4n) is 25.4. The van der Waals surface area contributed by atoms with Crippen LogP contribution in [0.4, 0.5) is 5.95 Å². The lowest BCUT2D eigenvalue weighted by molar-refractivity contribution is 1.09. The highest BCUT2D eigenvalue weighted by molar-refractivity contribution is 6.43. The molecule has 0 atom stereocenters. The van der Waals surface area contributed by atoms with Gasteiger partial charge in [0.25, 0.3) is 0 Å². The number of hydrogen-bond donors (Lipinski definition) is 0. The van der Waals surface area contributed by atoms with E-state index < -0.39 is 0 Å². The first-order valence-corrected chi connectivity index (χ1v) is 46.9. The molecule has 13 heteroatoms. The largest absolute Gasteiger partial charge is 0.394 e. The summed E-state index contributed by atoms with van der Waals surface area (Å²) in [7, 11) is 0. The van der Waals surface area contributed by atoms with Crippen molar-refractivity contribution in [1.29, 1.82) is 0 Å². The Labute approximate surface area is 781 Å². The van der Waals surface area contributed by atoms with E-state index in [1.807, 2.05) is 36.4 Å². The average Bonchev–Trinajstić information content (AvgIpc) is 1.51. The van der Waals surface area contributed by atoms with Crippen molar-refractivity contribution in [2.24, 2.45) is 0 Å². The summed E-state index contributed by atoms with van der Waals surface area (Å²) in [6.07, 6.45) is 3.59. The molecule has 0 fully saturated rings. The van der Waals surface area contributed by atoms with Gasteiger partial charge >= 0.3 is 5.95 Å². The fourth-order valence-corrected chi connectivity index (χ4v) is 25.4. The Balaban J connectivity index is 0.0000000928. The summed E-state index contributed by atoms with van der Waals surface area (Å²) in [6.45, 7) is 7.76. The fraction of sp³-hybridized carbons (Fsp3) is 0. The second-order valence-corrected chi connectivity index (χ2v) is 37.1. The van der Waals surface area contributed by atoms with Gasteiger partial charge in [0.1, 0.15) is 5.52 Å². The predicted molar refractivity (Wildman–Crippen MR) is 571 cm³/mol. The van der Waals surface area contributed by atoms with E-state index in [-0.39, 0.29) is 5.95 Å². The van der Waals surface area contributed by atoms with E-state index in [1.54, 1.807) is 12.4 Å². The molecule has 0 saturated carbocycles. The van der Waals surface area contributed by atoms with Crippen molar-refractivity contribution < 1.29 is 0 Å². The lowest BCUT2D eigenvalue weighted by atomic mass is 9.98. The normalized spacial score (nSPS) is 12.6. The van der Waals surface area contributed by atoms with Crippen LogP contribution in [0.5, 0.6) is 0 Å². The molecule has 0 saturated heterocycles. The predicted octanol–water partition coefficient (Wildman–Crippen LogP) is 32.1. The van der Waals surface area contributed by atoms with Crippen molar-refractivity contribution in [1.82, 2.24) is 56.8 Å². The van der Waals surface area contributed by atoms with Gasteiger partial charge in [-0.1, -0.05) is 261 Å². The second-order valence-electron chi connectivity index (χ2n) is 37.1. The maximum absolute atomic E-state index is 7.76. The molecule has 12 heterocycles. The molecule has 33 aromatic rings. The molecule has 12 aromatic heterocycles. The van der Waals surface area contributed by atoms with Crippen LogP contribution in [0, 0.1) is 6.57 Å². The van der Waals surface area contributed by atoms with Crippen molar-refractivity contribution in [2.75, 3.05) is 0 Å². The first-order valence-electron chi connectivity index (χ1n) is 46.9. The number of para-hydroxylation sites is 9. The van der Waals surface area contributed by atoms with Crippen LogP contribution >= 0.6 is 0 Å². The molecule has 630 valence electrons. The number of nitrogens with zero attached hydrogens (tertiary/aromatic N) is 13. The number of hydrogen-bond acceptors (Lipinski definition) is 6. The van der Waals surface area contributed by atoms with E-state index in [9.17, 15) is 0 Å². The maximum atomic E-state index is 7.76. The molecule has 0 unspecified atom stereocenters. The number of benzene rings is 21. The molecule has 0 N–H and O–H groups in total. The van der Waals surface area contributed by atoms with Gasteiger partial charge in [-0.05, 0) is 154 Å². The SMILES string of the molecule is [C-]#[N+]c1nc(-n2c3ccccc3c3c4c5c6ccccc6ccc5n5c6ccccc6c(cc32)c45)c2ccccc2n1.c1ccc2c(c1)ccc1c2c2c3c4ccccc4n(-c4ccc5c6c(cccc46)-c4nc6ccccc6nc4-5)c3cc3c4ccccc4n1c32.c1ccc2c(c1)ccc1c2c2c3c4ccccc4n(-c4ccc5c6c(cccc46)-c4nccnc4-5)c3cc3c4ccccc4n1c32. The van der Waals surface area contributed by atoms with Gasteiger partial charge in [0.05, 0.1) is 133 Å². The standard InChI is InChI=1S/C46H24N4.C42H22N4.C37H19N5/c1-2-11-26-25(10-1)20-22-38-41(26)43-42-29-13-4-8-19-36(29)49(39(42)24-32-27-12-3-7-18-35(27)50(38)46(32)43)37-23-21-31-40-28(37)14-9-15-30(40)44-45(31)48-34-17-6-5-16-33(34)47-44;1-2-9-24-23(8-1)16-18-34-37(24)39-38-27-11-4-6-15-32(27)45(35(38)22-30-25-10-3-5-14-31(25)46(34)42(30)39)33-19-17-29-36-26(33)12-7-13-28(36)40-41(29)44-21-20-43-40;1-38-37-39-27-15-7-4-13-24(27)36(40-37)42-29-17-9-6-14-25(29)33-31(42)20-26-23-12-5-8-16-28(23)41-30-19-18-21-10-2-3-11-22(21)32(30)34(33)35(26)41/h1-24H;1-22H;2-20H. The molecule has 35 rings (SSSR count). The van der Waals surface area contributed by atoms with E-state index in [0.29, 0.717) is 0 Å². The average molecular weight is 1750 g/mol. The van der Waals surface area contributed by atoms with Crippen LogP contribution in [0.3, 0.4) is 0 Å². The van der Waals surface area contributed by atoms with Crippen LogP contribution in [-0.4, -0.2) is 56.8 Å². The molecule has 2 aliphatic carbocycles. The molecule has 13 nitrogen and oxygen atoms in total. The highest BCUT2D eigenvalue weighted by Gasteiger charge is 2.35. The van der Waals surface area contributed by atoms with Crippen LogP contribution in [-0.2, 0) is 0 Å². The minimum Gasteiger partial charge on any atom is -0.394 e. The first kappa shape index (κ1) is 72.6. The minimum absolute atomic E-state index is 0.146. The third-order valence-corrected chi connectivity index (χ3v) is 30.7. The quantitative estimate of drug-likeness (QED) is 0.163. The van der Waals surface area contributed by atoms with E-state index in [4.69, 9.17) is 31.5 Å². The molecule has 0 amide bonds. The monoisotopic (exact) mass is 1750 g/mol. The number of aromatic nitrogens is 12. The molecule has 2 aliphatic rings. The molecule has 0 aliphatic heterocycles. The molecule has 0 spiro atoms. The smallest absolute Gasteiger partial charge is 0.374 e. The molecule has 0 radical (unpaired) electrons. The highest BCUT2D eigenvalue weighted by Crippen LogP contribution is 2.57. The third-order valence-electron chi connectivity index (χ3n) is 30.7. The van der Waals surface area contributed by atoms with Crippen LogP contribution < -0.4 is 0 Å². The third kappa shape index (κ3) is 9.09. The first-order chi connectivity index (χ1) is 68.5. The van der Waals surface area contributed by atoms with E-state index in [2.05, 4.69) is 383 Å². The van der Waals surface area contributed by atoms with Gasteiger partial charge in [-0.15, -0.1) is 16.5 Å². The minimum atomic E-state index is 0.146. The van der Waals surface area contributed by atoms with Gasteiger partial charge in [0.15, 0.2) is 0 Å². The van der Waals surface area contributed by atoms with Gasteiger partial charge in [0, 0.05) is 153 Å². The summed E-state index contributed by atoms with van der Waals surface area (Å²) >= 11 is 0. The van der Waals surface area contributed by atoms with E-state index >= 15 is 0 Å². The van der Waals surface area contributed by atoms with Gasteiger partial charge < -0.3 is 27.2 Å². The van der Waals surface area contributed by atoms with Crippen LogP contribution in [0.15, 0.2) is 395 Å². The Hall–Kier alpha value is -19.0. The van der Waals surface area contributed by atoms with E-state index in [0.717, 1.165) is 89.2 Å². The maximum Gasteiger partial charge on any atom is 0.374 e. The second kappa shape index (κ2) is 26.2. The van der Waals surface area contributed by atoms with Crippen molar-refractivity contribution >= 4 is 261 Å². The van der Waals surface area contributed by atoms with Crippen molar-refractivity contribution in [3.63, 3.8) is 0 Å². The summed E-state index contributed by atoms with van der Waals surface area (Å²) < 4.78 is 14.7. The molecular weight excluding hydrogens is 1680 g/mol. The van der Waals surface area contributed by atoms with Gasteiger partial charge in [-0.25, -0.2) is 9.97 Å². The van der Waals surface area contributed by atoms with Gasteiger partial charge in [-0.3, -0.25) is 14.5 Å². The van der Waals surface area contributed by atoms with E-state index in [1.165, 1.54) is 229 Å². The molecular formula is C125H65N13. The Morgan fingerprint density at radius 1 is 0.196 bits per heavy atom. The van der Waals surface area contributed by atoms with Crippen molar-refractivity contribution in [3.8, 4) is 62.2 Å². The Morgan fingerprint density at radius 3 is 0.935 bits per heavy atom. The Kier molecular flexibility index (Phi) is 13.8. The zero-order valence-electron chi connectivity index (χ0n) is 73.3. The van der Waals surface area contributed by atoms with Gasteiger partial charge in [0.2, 0.25) is 5.82 Å². The number of rotatable bonds is 3. The van der Waals surface area contributed by atoms with Crippen LogP contribution in [0.25, 0.3) is 323 Å². The lowest BCUT2D eigenvalue weighted by Crippen LogP contribution is -2.00. The molecule has 0 bridgehead atoms. The van der Waals surface area contributed by atoms with Crippen LogP contribution in [0.2, 0.25) is 0 Å². The topological polar surface area (TPSA) is 110 Å². The van der Waals surface area contributed by atoms with Crippen molar-refractivity contribution in [3.05, 3.63) is 406 Å². The summed E-state index contributed by atoms with van der Waals surface area (Å²) in [5.74, 6) is 0.873.